The maximum absolute atomic E-state index is 11.5. The Labute approximate surface area is 73.5 Å². The highest BCUT2D eigenvalue weighted by Gasteiger charge is 2.41. The second-order valence-corrected chi connectivity index (χ2v) is 4.51. The van der Waals surface area contributed by atoms with Gasteiger partial charge in [0, 0.05) is 0 Å². The van der Waals surface area contributed by atoms with Gasteiger partial charge < -0.3 is 10.1 Å². The van der Waals surface area contributed by atoms with Gasteiger partial charge in [0.1, 0.15) is 11.1 Å². The third-order valence-corrected chi connectivity index (χ3v) is 1.99. The predicted molar refractivity (Wildman–Crippen MR) is 46.9 cm³/mol. The van der Waals surface area contributed by atoms with Crippen LogP contribution in [0, 0.1) is 0 Å². The molecule has 0 aliphatic carbocycles. The topological polar surface area (TPSA) is 38.3 Å². The molecule has 0 bridgehead atoms. The van der Waals surface area contributed by atoms with Crippen molar-refractivity contribution in [2.45, 2.75) is 45.3 Å². The molecule has 1 rings (SSSR count). The number of carbonyl (C=O) groups is 1. The third-order valence-electron chi connectivity index (χ3n) is 1.99. The average molecular weight is 171 g/mol. The monoisotopic (exact) mass is 171 g/mol. The molecule has 0 aromatic carbocycles. The minimum atomic E-state index is -0.423. The summed E-state index contributed by atoms with van der Waals surface area (Å²) in [6, 6.07) is 0. The lowest BCUT2D eigenvalue weighted by Crippen LogP contribution is -2.61. The summed E-state index contributed by atoms with van der Waals surface area (Å²) in [5, 5.41) is 3.07. The molecular weight excluding hydrogens is 154 g/mol. The molecule has 0 spiro atoms. The van der Waals surface area contributed by atoms with E-state index in [2.05, 4.69) is 5.32 Å². The van der Waals surface area contributed by atoms with Gasteiger partial charge in [0.05, 0.1) is 0 Å². The van der Waals surface area contributed by atoms with E-state index >= 15 is 0 Å². The molecule has 0 amide bonds. The van der Waals surface area contributed by atoms with Crippen molar-refractivity contribution in [2.75, 3.05) is 6.54 Å². The number of hydrogen-bond donors (Lipinski definition) is 1. The fourth-order valence-corrected chi connectivity index (χ4v) is 1.06. The quantitative estimate of drug-likeness (QED) is 0.600. The van der Waals surface area contributed by atoms with Crippen LogP contribution in [0.4, 0.5) is 0 Å². The molecule has 1 saturated heterocycles. The van der Waals surface area contributed by atoms with Gasteiger partial charge in [-0.2, -0.15) is 0 Å². The van der Waals surface area contributed by atoms with E-state index in [-0.39, 0.29) is 11.6 Å². The van der Waals surface area contributed by atoms with E-state index in [0.717, 1.165) is 13.0 Å². The molecule has 1 unspecified atom stereocenters. The van der Waals surface area contributed by atoms with E-state index in [9.17, 15) is 4.79 Å². The van der Waals surface area contributed by atoms with Gasteiger partial charge in [-0.05, 0) is 40.7 Å². The number of carbonyl (C=O) groups excluding carboxylic acids is 1. The molecule has 0 radical (unpaired) electrons. The zero-order valence-corrected chi connectivity index (χ0v) is 8.23. The molecule has 1 aliphatic rings. The van der Waals surface area contributed by atoms with Gasteiger partial charge in [0.15, 0.2) is 0 Å². The molecule has 3 nitrogen and oxygen atoms in total. The van der Waals surface area contributed by atoms with Gasteiger partial charge in [-0.25, -0.2) is 0 Å². The Morgan fingerprint density at radius 1 is 1.50 bits per heavy atom. The Kier molecular flexibility index (Phi) is 2.17. The lowest BCUT2D eigenvalue weighted by atomic mass is 9.90. The van der Waals surface area contributed by atoms with Crippen molar-refractivity contribution in [1.82, 2.24) is 5.32 Å². The van der Waals surface area contributed by atoms with Crippen LogP contribution in [-0.4, -0.2) is 23.7 Å². The fraction of sp³-hybridized carbons (Fsp3) is 0.889. The zero-order valence-electron chi connectivity index (χ0n) is 8.23. The first-order chi connectivity index (χ1) is 5.33. The molecule has 1 fully saturated rings. The lowest BCUT2D eigenvalue weighted by molar-refractivity contribution is -0.165. The molecule has 1 heterocycles. The van der Waals surface area contributed by atoms with E-state index in [4.69, 9.17) is 4.74 Å². The Balaban J connectivity index is 2.49. The second kappa shape index (κ2) is 2.73. The molecular formula is C9H17NO2. The summed E-state index contributed by atoms with van der Waals surface area (Å²) in [7, 11) is 0. The lowest BCUT2D eigenvalue weighted by Gasteiger charge is -2.39. The van der Waals surface area contributed by atoms with Crippen LogP contribution < -0.4 is 5.32 Å². The molecule has 12 heavy (non-hydrogen) atoms. The summed E-state index contributed by atoms with van der Waals surface area (Å²) in [5.41, 5.74) is -0.801. The Bertz CT molecular complexity index is 189. The Hall–Kier alpha value is -0.570. The number of esters is 1. The van der Waals surface area contributed by atoms with Gasteiger partial charge >= 0.3 is 5.97 Å². The SMILES string of the molecule is CC(C)(C)OC(=O)C1(C)CCN1. The first-order valence-corrected chi connectivity index (χ1v) is 4.32. The van der Waals surface area contributed by atoms with Crippen LogP contribution in [0.5, 0.6) is 0 Å². The molecule has 1 N–H and O–H groups in total. The minimum absolute atomic E-state index is 0.138. The van der Waals surface area contributed by atoms with Crippen molar-refractivity contribution in [1.29, 1.82) is 0 Å². The zero-order chi connectivity index (χ0) is 9.41. The van der Waals surface area contributed by atoms with Crippen LogP contribution in [0.1, 0.15) is 34.1 Å². The smallest absolute Gasteiger partial charge is 0.326 e. The van der Waals surface area contributed by atoms with Crippen molar-refractivity contribution in [3.8, 4) is 0 Å². The highest BCUT2D eigenvalue weighted by atomic mass is 16.6. The Morgan fingerprint density at radius 2 is 2.00 bits per heavy atom. The van der Waals surface area contributed by atoms with Crippen LogP contribution >= 0.6 is 0 Å². The van der Waals surface area contributed by atoms with Gasteiger partial charge in [-0.1, -0.05) is 0 Å². The van der Waals surface area contributed by atoms with Gasteiger partial charge in [-0.3, -0.25) is 4.79 Å². The summed E-state index contributed by atoms with van der Waals surface area (Å²) in [5.74, 6) is -0.138. The van der Waals surface area contributed by atoms with Gasteiger partial charge in [-0.15, -0.1) is 0 Å². The normalized spacial score (nSPS) is 29.3. The summed E-state index contributed by atoms with van der Waals surface area (Å²) >= 11 is 0. The van der Waals surface area contributed by atoms with Crippen molar-refractivity contribution < 1.29 is 9.53 Å². The Morgan fingerprint density at radius 3 is 2.25 bits per heavy atom. The maximum Gasteiger partial charge on any atom is 0.326 e. The van der Waals surface area contributed by atoms with Crippen LogP contribution in [0.2, 0.25) is 0 Å². The van der Waals surface area contributed by atoms with Crippen molar-refractivity contribution >= 4 is 5.97 Å². The summed E-state index contributed by atoms with van der Waals surface area (Å²) in [6.07, 6.45) is 0.877. The van der Waals surface area contributed by atoms with Crippen LogP contribution in [-0.2, 0) is 9.53 Å². The number of nitrogens with one attached hydrogen (secondary N) is 1. The first-order valence-electron chi connectivity index (χ1n) is 4.32. The number of ether oxygens (including phenoxy) is 1. The minimum Gasteiger partial charge on any atom is -0.459 e. The second-order valence-electron chi connectivity index (χ2n) is 4.51. The van der Waals surface area contributed by atoms with Crippen LogP contribution in [0.3, 0.4) is 0 Å². The predicted octanol–water partition coefficient (Wildman–Crippen LogP) is 1.08. The fourth-order valence-electron chi connectivity index (χ4n) is 1.06. The summed E-state index contributed by atoms with van der Waals surface area (Å²) in [4.78, 5) is 11.5. The van der Waals surface area contributed by atoms with E-state index in [1.165, 1.54) is 0 Å². The first kappa shape index (κ1) is 9.52. The van der Waals surface area contributed by atoms with Crippen LogP contribution in [0.15, 0.2) is 0 Å². The number of hydrogen-bond acceptors (Lipinski definition) is 3. The van der Waals surface area contributed by atoms with E-state index in [1.807, 2.05) is 27.7 Å². The standard InChI is InChI=1S/C9H17NO2/c1-8(2,3)12-7(11)9(4)5-6-10-9/h10H,5-6H2,1-4H3. The van der Waals surface area contributed by atoms with E-state index in [0.29, 0.717) is 0 Å². The largest absolute Gasteiger partial charge is 0.459 e. The molecule has 70 valence electrons. The van der Waals surface area contributed by atoms with E-state index < -0.39 is 5.54 Å². The van der Waals surface area contributed by atoms with Crippen molar-refractivity contribution in [3.63, 3.8) is 0 Å². The molecule has 0 aromatic rings. The molecule has 0 aromatic heterocycles. The number of rotatable bonds is 1. The average Bonchev–Trinajstić information content (AvgIpc) is 1.78. The summed E-state index contributed by atoms with van der Waals surface area (Å²) in [6.45, 7) is 8.44. The van der Waals surface area contributed by atoms with E-state index in [1.54, 1.807) is 0 Å². The van der Waals surface area contributed by atoms with Crippen molar-refractivity contribution in [3.05, 3.63) is 0 Å². The van der Waals surface area contributed by atoms with Gasteiger partial charge in [0.2, 0.25) is 0 Å². The summed E-state index contributed by atoms with van der Waals surface area (Å²) < 4.78 is 5.24. The molecule has 1 atom stereocenters. The molecule has 0 saturated carbocycles. The highest BCUT2D eigenvalue weighted by molar-refractivity contribution is 5.81. The third kappa shape index (κ3) is 1.97. The van der Waals surface area contributed by atoms with Crippen molar-refractivity contribution in [2.24, 2.45) is 0 Å². The van der Waals surface area contributed by atoms with Crippen LogP contribution in [0.25, 0.3) is 0 Å². The molecule has 1 aliphatic heterocycles. The van der Waals surface area contributed by atoms with Gasteiger partial charge in [0.25, 0.3) is 0 Å². The molecule has 3 heteroatoms. The maximum atomic E-state index is 11.5. The highest BCUT2D eigenvalue weighted by Crippen LogP contribution is 2.22.